The largest absolute Gasteiger partial charge is 0.478 e. The van der Waals surface area contributed by atoms with E-state index in [1.54, 1.807) is 19.1 Å². The molecule has 0 atom stereocenters. The molecule has 98 valence electrons. The van der Waals surface area contributed by atoms with Crippen molar-refractivity contribution in [2.75, 3.05) is 5.32 Å². The lowest BCUT2D eigenvalue weighted by atomic mass is 10.2. The smallest absolute Gasteiger partial charge is 0.339 e. The summed E-state index contributed by atoms with van der Waals surface area (Å²) in [6.45, 7) is 1.61. The van der Waals surface area contributed by atoms with Crippen molar-refractivity contribution in [3.8, 4) is 0 Å². The van der Waals surface area contributed by atoms with Crippen LogP contribution in [0.15, 0.2) is 24.4 Å². The summed E-state index contributed by atoms with van der Waals surface area (Å²) in [6, 6.07) is 4.62. The first-order valence-corrected chi connectivity index (χ1v) is 5.72. The molecule has 2 aromatic rings. The summed E-state index contributed by atoms with van der Waals surface area (Å²) in [5.74, 6) is -1.64. The van der Waals surface area contributed by atoms with E-state index in [1.807, 2.05) is 0 Å². The Hall–Kier alpha value is -2.34. The van der Waals surface area contributed by atoms with E-state index in [-0.39, 0.29) is 22.1 Å². The second kappa shape index (κ2) is 5.11. The third-order valence-electron chi connectivity index (χ3n) is 2.49. The predicted octanol–water partition coefficient (Wildman–Crippen LogP) is 2.32. The van der Waals surface area contributed by atoms with Gasteiger partial charge in [0.05, 0.1) is 5.69 Å². The average molecular weight is 280 g/mol. The van der Waals surface area contributed by atoms with Crippen LogP contribution in [0.3, 0.4) is 0 Å². The number of carbonyl (C=O) groups is 2. The Bertz CT molecular complexity index is 651. The molecule has 3 N–H and O–H groups in total. The van der Waals surface area contributed by atoms with Crippen LogP contribution in [0, 0.1) is 6.92 Å². The van der Waals surface area contributed by atoms with Crippen LogP contribution in [0.1, 0.15) is 26.5 Å². The van der Waals surface area contributed by atoms with Crippen LogP contribution < -0.4 is 5.32 Å². The molecular weight excluding hydrogens is 270 g/mol. The third-order valence-corrected chi connectivity index (χ3v) is 2.70. The lowest BCUT2D eigenvalue weighted by molar-refractivity contribution is 0.0697. The number of amides is 1. The summed E-state index contributed by atoms with van der Waals surface area (Å²) < 4.78 is 0. The minimum absolute atomic E-state index is 0.0235. The number of aromatic nitrogens is 2. The number of aromatic amines is 1. The number of pyridine rings is 1. The summed E-state index contributed by atoms with van der Waals surface area (Å²) in [5.41, 5.74) is 0.789. The van der Waals surface area contributed by atoms with Gasteiger partial charge in [-0.2, -0.15) is 0 Å². The van der Waals surface area contributed by atoms with Gasteiger partial charge in [0.25, 0.3) is 5.91 Å². The fraction of sp³-hybridized carbons (Fsp3) is 0.0833. The monoisotopic (exact) mass is 279 g/mol. The summed E-state index contributed by atoms with van der Waals surface area (Å²) in [5, 5.41) is 11.7. The van der Waals surface area contributed by atoms with Crippen molar-refractivity contribution in [1.29, 1.82) is 0 Å². The van der Waals surface area contributed by atoms with Crippen molar-refractivity contribution in [2.45, 2.75) is 6.92 Å². The number of rotatable bonds is 3. The first kappa shape index (κ1) is 13.1. The minimum atomic E-state index is -1.12. The van der Waals surface area contributed by atoms with Gasteiger partial charge < -0.3 is 15.4 Å². The molecule has 0 aliphatic rings. The highest BCUT2D eigenvalue weighted by Gasteiger charge is 2.18. The Morgan fingerprint density at radius 3 is 2.79 bits per heavy atom. The number of carboxylic acid groups (broad SMARTS) is 1. The third kappa shape index (κ3) is 2.74. The molecule has 2 heterocycles. The maximum Gasteiger partial charge on any atom is 0.339 e. The number of nitrogens with one attached hydrogen (secondary N) is 2. The van der Waals surface area contributed by atoms with E-state index in [1.165, 1.54) is 12.3 Å². The number of hydrogen-bond donors (Lipinski definition) is 3. The van der Waals surface area contributed by atoms with Gasteiger partial charge in [0, 0.05) is 11.9 Å². The molecule has 0 saturated carbocycles. The summed E-state index contributed by atoms with van der Waals surface area (Å²) >= 11 is 5.69. The molecule has 19 heavy (non-hydrogen) atoms. The molecule has 2 aromatic heterocycles. The molecule has 1 amide bonds. The summed E-state index contributed by atoms with van der Waals surface area (Å²) in [6.07, 6.45) is 1.42. The van der Waals surface area contributed by atoms with Gasteiger partial charge >= 0.3 is 5.97 Å². The second-order valence-electron chi connectivity index (χ2n) is 3.81. The molecular formula is C12H10ClN3O3. The van der Waals surface area contributed by atoms with E-state index >= 15 is 0 Å². The van der Waals surface area contributed by atoms with Gasteiger partial charge in [0.1, 0.15) is 16.4 Å². The average Bonchev–Trinajstić information content (AvgIpc) is 2.70. The van der Waals surface area contributed by atoms with E-state index < -0.39 is 11.9 Å². The van der Waals surface area contributed by atoms with Crippen molar-refractivity contribution in [3.63, 3.8) is 0 Å². The normalized spacial score (nSPS) is 10.2. The van der Waals surface area contributed by atoms with Crippen molar-refractivity contribution < 1.29 is 14.7 Å². The van der Waals surface area contributed by atoms with Crippen molar-refractivity contribution in [2.24, 2.45) is 0 Å². The SMILES string of the molecule is Cc1[nH]cc(NC(=O)c2cccc(Cl)n2)c1C(=O)O. The Morgan fingerprint density at radius 2 is 2.16 bits per heavy atom. The van der Waals surface area contributed by atoms with Crippen LogP contribution in [0.4, 0.5) is 5.69 Å². The molecule has 7 heteroatoms. The number of carbonyl (C=O) groups excluding carboxylic acids is 1. The predicted molar refractivity (Wildman–Crippen MR) is 69.7 cm³/mol. The Labute approximate surface area is 113 Å². The molecule has 0 aliphatic carbocycles. The van der Waals surface area contributed by atoms with Crippen LogP contribution in [-0.2, 0) is 0 Å². The fourth-order valence-electron chi connectivity index (χ4n) is 1.62. The number of nitrogens with zero attached hydrogens (tertiary/aromatic N) is 1. The molecule has 0 bridgehead atoms. The van der Waals surface area contributed by atoms with Gasteiger partial charge in [-0.05, 0) is 19.1 Å². The van der Waals surface area contributed by atoms with E-state index in [0.29, 0.717) is 5.69 Å². The second-order valence-corrected chi connectivity index (χ2v) is 4.19. The molecule has 6 nitrogen and oxygen atoms in total. The summed E-state index contributed by atoms with van der Waals surface area (Å²) in [7, 11) is 0. The van der Waals surface area contributed by atoms with Crippen LogP contribution >= 0.6 is 11.6 Å². The zero-order chi connectivity index (χ0) is 14.0. The molecule has 0 unspecified atom stereocenters. The first-order chi connectivity index (χ1) is 8.99. The fourth-order valence-corrected chi connectivity index (χ4v) is 1.79. The number of halogens is 1. The van der Waals surface area contributed by atoms with E-state index in [2.05, 4.69) is 15.3 Å². The molecule has 0 fully saturated rings. The van der Waals surface area contributed by atoms with Crippen molar-refractivity contribution >= 4 is 29.2 Å². The number of hydrogen-bond acceptors (Lipinski definition) is 3. The first-order valence-electron chi connectivity index (χ1n) is 5.34. The number of aryl methyl sites for hydroxylation is 1. The van der Waals surface area contributed by atoms with Gasteiger partial charge in [0.15, 0.2) is 0 Å². The Kier molecular flexibility index (Phi) is 3.52. The molecule has 0 saturated heterocycles. The Balaban J connectivity index is 2.27. The van der Waals surface area contributed by atoms with Crippen LogP contribution in [-0.4, -0.2) is 27.0 Å². The van der Waals surface area contributed by atoms with Crippen LogP contribution in [0.5, 0.6) is 0 Å². The number of carboxylic acids is 1. The summed E-state index contributed by atoms with van der Waals surface area (Å²) in [4.78, 5) is 29.6. The molecule has 0 aromatic carbocycles. The highest BCUT2D eigenvalue weighted by atomic mass is 35.5. The van der Waals surface area contributed by atoms with E-state index in [9.17, 15) is 9.59 Å². The topological polar surface area (TPSA) is 95.1 Å². The molecule has 0 aliphatic heterocycles. The Morgan fingerprint density at radius 1 is 1.42 bits per heavy atom. The minimum Gasteiger partial charge on any atom is -0.478 e. The van der Waals surface area contributed by atoms with Crippen molar-refractivity contribution in [1.82, 2.24) is 9.97 Å². The van der Waals surface area contributed by atoms with Crippen LogP contribution in [0.25, 0.3) is 0 Å². The number of aromatic carboxylic acids is 1. The van der Waals surface area contributed by atoms with Gasteiger partial charge in [-0.3, -0.25) is 4.79 Å². The highest BCUT2D eigenvalue weighted by Crippen LogP contribution is 2.19. The van der Waals surface area contributed by atoms with Crippen LogP contribution in [0.2, 0.25) is 5.15 Å². The quantitative estimate of drug-likeness (QED) is 0.751. The number of anilines is 1. The van der Waals surface area contributed by atoms with E-state index in [4.69, 9.17) is 16.7 Å². The highest BCUT2D eigenvalue weighted by molar-refractivity contribution is 6.29. The van der Waals surface area contributed by atoms with Gasteiger partial charge in [0.2, 0.25) is 0 Å². The maximum atomic E-state index is 11.9. The maximum absolute atomic E-state index is 11.9. The molecule has 0 spiro atoms. The molecule has 0 radical (unpaired) electrons. The molecule has 2 rings (SSSR count). The van der Waals surface area contributed by atoms with Crippen molar-refractivity contribution in [3.05, 3.63) is 46.5 Å². The van der Waals surface area contributed by atoms with E-state index in [0.717, 1.165) is 0 Å². The lowest BCUT2D eigenvalue weighted by Crippen LogP contribution is -2.15. The van der Waals surface area contributed by atoms with Gasteiger partial charge in [-0.25, -0.2) is 9.78 Å². The van der Waals surface area contributed by atoms with Gasteiger partial charge in [-0.15, -0.1) is 0 Å². The van der Waals surface area contributed by atoms with Gasteiger partial charge in [-0.1, -0.05) is 17.7 Å². The lowest BCUT2D eigenvalue weighted by Gasteiger charge is -2.04. The number of H-pyrrole nitrogens is 1. The standard InChI is InChI=1S/C12H10ClN3O3/c1-6-10(12(18)19)8(5-14-6)16-11(17)7-3-2-4-9(13)15-7/h2-5,14H,1H3,(H,16,17)(H,18,19). The zero-order valence-corrected chi connectivity index (χ0v) is 10.7. The zero-order valence-electron chi connectivity index (χ0n) is 9.90.